The summed E-state index contributed by atoms with van der Waals surface area (Å²) in [6.07, 6.45) is -4.21. The van der Waals surface area contributed by atoms with Crippen LogP contribution in [0.3, 0.4) is 0 Å². The number of hydrogen-bond acceptors (Lipinski definition) is 0. The van der Waals surface area contributed by atoms with Crippen LogP contribution in [-0.2, 0) is 6.18 Å². The zero-order chi connectivity index (χ0) is 7.61. The van der Waals surface area contributed by atoms with E-state index in [2.05, 4.69) is 0 Å². The fourth-order valence-electron chi connectivity index (χ4n) is 0.627. The summed E-state index contributed by atoms with van der Waals surface area (Å²) < 4.78 is 35.4. The molecule has 0 N–H and O–H groups in total. The van der Waals surface area contributed by atoms with Crippen molar-refractivity contribution in [3.8, 4) is 0 Å². The molecule has 0 saturated heterocycles. The monoisotopic (exact) mass is 358 g/mol. The number of halogens is 3. The molecule has 0 spiro atoms. The van der Waals surface area contributed by atoms with Crippen LogP contribution in [0.2, 0.25) is 0 Å². The zero-order valence-electron chi connectivity index (χ0n) is 5.73. The van der Waals surface area contributed by atoms with Gasteiger partial charge in [-0.05, 0) is 0 Å². The van der Waals surface area contributed by atoms with Gasteiger partial charge in [-0.25, -0.2) is 0 Å². The average Bonchev–Trinajstić information content (AvgIpc) is 1.88. The summed E-state index contributed by atoms with van der Waals surface area (Å²) in [6, 6.07) is 6.36. The second kappa shape index (κ2) is 4.05. The predicted octanol–water partition coefficient (Wildman–Crippen LogP) is 1.52. The standard InChI is InChI=1S/C7H5F3.Bi.3H/c8-7(9,10)6-4-2-1-3-5-6;;;;/h1-5H;;;;. The summed E-state index contributed by atoms with van der Waals surface area (Å²) in [4.78, 5) is 0. The van der Waals surface area contributed by atoms with Gasteiger partial charge in [-0.2, -0.15) is 13.2 Å². The molecular formula is C7H8BiF3. The van der Waals surface area contributed by atoms with Crippen molar-refractivity contribution in [2.45, 2.75) is 6.18 Å². The van der Waals surface area contributed by atoms with E-state index in [9.17, 15) is 13.2 Å². The molecule has 1 aromatic rings. The van der Waals surface area contributed by atoms with E-state index in [0.717, 1.165) is 12.1 Å². The molecule has 0 bridgehead atoms. The van der Waals surface area contributed by atoms with Crippen molar-refractivity contribution >= 4 is 26.2 Å². The Kier molecular flexibility index (Phi) is 4.01. The zero-order valence-corrected chi connectivity index (χ0v) is 11.2. The summed E-state index contributed by atoms with van der Waals surface area (Å²) in [7, 11) is 0. The minimum atomic E-state index is -4.21. The third-order valence-electron chi connectivity index (χ3n) is 1.10. The maximum absolute atomic E-state index is 11.8. The Hall–Kier alpha value is -0.107. The summed E-state index contributed by atoms with van der Waals surface area (Å²) in [5, 5.41) is 0. The van der Waals surface area contributed by atoms with Crippen LogP contribution in [0.25, 0.3) is 0 Å². The number of alkyl halides is 3. The fourth-order valence-corrected chi connectivity index (χ4v) is 0.627. The molecule has 0 radical (unpaired) electrons. The van der Waals surface area contributed by atoms with E-state index in [1.165, 1.54) is 12.1 Å². The van der Waals surface area contributed by atoms with Gasteiger partial charge in [-0.3, -0.25) is 0 Å². The van der Waals surface area contributed by atoms with E-state index in [-0.39, 0.29) is 26.2 Å². The van der Waals surface area contributed by atoms with Crippen LogP contribution in [0.15, 0.2) is 30.3 Å². The third kappa shape index (κ3) is 3.19. The Morgan fingerprint density at radius 3 is 1.64 bits per heavy atom. The molecule has 0 aliphatic carbocycles. The van der Waals surface area contributed by atoms with E-state index >= 15 is 0 Å². The Labute approximate surface area is 81.5 Å². The molecule has 0 fully saturated rings. The van der Waals surface area contributed by atoms with Crippen LogP contribution in [0, 0.1) is 0 Å². The molecule has 0 saturated carbocycles. The van der Waals surface area contributed by atoms with Crippen molar-refractivity contribution in [1.29, 1.82) is 0 Å². The van der Waals surface area contributed by atoms with Crippen LogP contribution < -0.4 is 0 Å². The molecular weight excluding hydrogens is 350 g/mol. The first-order valence-electron chi connectivity index (χ1n) is 2.73. The first kappa shape index (κ1) is 10.9. The third-order valence-corrected chi connectivity index (χ3v) is 1.10. The van der Waals surface area contributed by atoms with Gasteiger partial charge < -0.3 is 0 Å². The maximum atomic E-state index is 11.8. The van der Waals surface area contributed by atoms with Crippen molar-refractivity contribution in [2.24, 2.45) is 0 Å². The summed E-state index contributed by atoms with van der Waals surface area (Å²) in [6.45, 7) is 0. The quantitative estimate of drug-likeness (QED) is 0.617. The van der Waals surface area contributed by atoms with E-state index in [1.807, 2.05) is 0 Å². The SMILES string of the molecule is FC(F)(F)c1ccccc1.[BiH3]. The second-order valence-electron chi connectivity index (χ2n) is 1.86. The van der Waals surface area contributed by atoms with E-state index in [0.29, 0.717) is 0 Å². The molecule has 0 aliphatic rings. The van der Waals surface area contributed by atoms with Crippen molar-refractivity contribution in [3.05, 3.63) is 35.9 Å². The second-order valence-corrected chi connectivity index (χ2v) is 1.86. The molecule has 62 valence electrons. The average molecular weight is 358 g/mol. The topological polar surface area (TPSA) is 0 Å². The van der Waals surface area contributed by atoms with Gasteiger partial charge in [-0.1, -0.05) is 30.3 Å². The predicted molar refractivity (Wildman–Crippen MR) is 41.4 cm³/mol. The van der Waals surface area contributed by atoms with Gasteiger partial charge in [0.2, 0.25) is 0 Å². The molecule has 0 atom stereocenters. The van der Waals surface area contributed by atoms with Gasteiger partial charge in [0.05, 0.1) is 5.56 Å². The molecule has 0 unspecified atom stereocenters. The summed E-state index contributed by atoms with van der Waals surface area (Å²) in [5.41, 5.74) is -0.602. The van der Waals surface area contributed by atoms with Gasteiger partial charge in [0.25, 0.3) is 0 Å². The van der Waals surface area contributed by atoms with Gasteiger partial charge in [-0.15, -0.1) is 0 Å². The first-order chi connectivity index (χ1) is 4.61. The number of hydrogen-bond donors (Lipinski definition) is 0. The van der Waals surface area contributed by atoms with Gasteiger partial charge >= 0.3 is 32.4 Å². The fraction of sp³-hybridized carbons (Fsp3) is 0.143. The molecule has 11 heavy (non-hydrogen) atoms. The van der Waals surface area contributed by atoms with E-state index in [4.69, 9.17) is 0 Å². The molecule has 0 amide bonds. The Morgan fingerprint density at radius 1 is 0.909 bits per heavy atom. The van der Waals surface area contributed by atoms with Crippen LogP contribution in [0.4, 0.5) is 13.2 Å². The van der Waals surface area contributed by atoms with Crippen LogP contribution in [-0.4, -0.2) is 26.2 Å². The van der Waals surface area contributed by atoms with Crippen molar-refractivity contribution < 1.29 is 13.2 Å². The molecule has 1 aromatic carbocycles. The Balaban J connectivity index is 0.000001000. The molecule has 0 nitrogen and oxygen atoms in total. The van der Waals surface area contributed by atoms with E-state index < -0.39 is 11.7 Å². The Bertz CT molecular complexity index is 205. The number of benzene rings is 1. The van der Waals surface area contributed by atoms with Crippen molar-refractivity contribution in [3.63, 3.8) is 0 Å². The van der Waals surface area contributed by atoms with Gasteiger partial charge in [0.15, 0.2) is 0 Å². The molecule has 1 rings (SSSR count). The molecule has 0 aromatic heterocycles. The van der Waals surface area contributed by atoms with E-state index in [1.54, 1.807) is 6.07 Å². The Morgan fingerprint density at radius 2 is 1.36 bits per heavy atom. The van der Waals surface area contributed by atoms with Crippen molar-refractivity contribution in [1.82, 2.24) is 0 Å². The molecule has 0 aliphatic heterocycles. The van der Waals surface area contributed by atoms with Gasteiger partial charge in [0, 0.05) is 0 Å². The molecule has 0 heterocycles. The van der Waals surface area contributed by atoms with Crippen LogP contribution >= 0.6 is 0 Å². The van der Waals surface area contributed by atoms with Crippen LogP contribution in [0.5, 0.6) is 0 Å². The molecule has 4 heteroatoms. The number of rotatable bonds is 0. The van der Waals surface area contributed by atoms with Gasteiger partial charge in [0.1, 0.15) is 0 Å². The van der Waals surface area contributed by atoms with Crippen molar-refractivity contribution in [2.75, 3.05) is 0 Å². The summed E-state index contributed by atoms with van der Waals surface area (Å²) >= 11 is 0. The first-order valence-corrected chi connectivity index (χ1v) is 2.73. The normalized spacial score (nSPS) is 10.5. The van der Waals surface area contributed by atoms with Crippen LogP contribution in [0.1, 0.15) is 5.56 Å². The summed E-state index contributed by atoms with van der Waals surface area (Å²) in [5.74, 6) is 0. The minimum absolute atomic E-state index is 0.